The Hall–Kier alpha value is -2.80. The third-order valence-corrected chi connectivity index (χ3v) is 3.05. The van der Waals surface area contributed by atoms with Crippen LogP contribution in [0, 0.1) is 12.3 Å². The van der Waals surface area contributed by atoms with Gasteiger partial charge in [0.2, 0.25) is 11.1 Å². The van der Waals surface area contributed by atoms with Crippen LogP contribution in [-0.2, 0) is 6.42 Å². The Morgan fingerprint density at radius 3 is 2.62 bits per heavy atom. The van der Waals surface area contributed by atoms with Gasteiger partial charge in [0.1, 0.15) is 0 Å². The van der Waals surface area contributed by atoms with E-state index in [1.165, 1.54) is 0 Å². The van der Waals surface area contributed by atoms with Crippen molar-refractivity contribution in [1.82, 2.24) is 0 Å². The fourth-order valence-electron chi connectivity index (χ4n) is 1.99. The Balaban J connectivity index is 2.37. The average molecular weight is 281 g/mol. The standard InChI is InChI=1S/C17H17N2O2/c1-4-5-13-7-9-15(17(11-13)20-3)21-16-10-12(2)6-8-14(16)19-18/h4,6-11H,1,5H2,2-3H3/q+1. The minimum absolute atomic E-state index is 0.373. The largest absolute Gasteiger partial charge is 0.493 e. The molecule has 0 saturated heterocycles. The van der Waals surface area contributed by atoms with Crippen molar-refractivity contribution in [2.75, 3.05) is 7.11 Å². The predicted molar refractivity (Wildman–Crippen MR) is 82.9 cm³/mol. The number of aryl methyl sites for hydroxylation is 1. The molecule has 0 heterocycles. The molecule has 0 aliphatic heterocycles. The van der Waals surface area contributed by atoms with Gasteiger partial charge in [0.15, 0.2) is 16.5 Å². The molecule has 0 aromatic heterocycles. The van der Waals surface area contributed by atoms with Gasteiger partial charge in [0.25, 0.3) is 0 Å². The number of nitrogens with zero attached hydrogens (tertiary/aromatic N) is 2. The molecule has 106 valence electrons. The lowest BCUT2D eigenvalue weighted by atomic mass is 10.1. The second kappa shape index (κ2) is 6.58. The molecule has 4 nitrogen and oxygen atoms in total. The summed E-state index contributed by atoms with van der Waals surface area (Å²) in [5.74, 6) is 1.67. The van der Waals surface area contributed by atoms with E-state index in [0.29, 0.717) is 22.9 Å². The van der Waals surface area contributed by atoms with Gasteiger partial charge < -0.3 is 9.47 Å². The van der Waals surface area contributed by atoms with E-state index in [2.05, 4.69) is 11.6 Å². The fraction of sp³-hybridized carbons (Fsp3) is 0.176. The first-order valence-corrected chi connectivity index (χ1v) is 6.59. The van der Waals surface area contributed by atoms with E-state index in [1.54, 1.807) is 13.2 Å². The minimum Gasteiger partial charge on any atom is -0.493 e. The van der Waals surface area contributed by atoms with Gasteiger partial charge >= 0.3 is 5.69 Å². The summed E-state index contributed by atoms with van der Waals surface area (Å²) in [4.78, 5) is 3.23. The number of methoxy groups -OCH3 is 1. The van der Waals surface area contributed by atoms with Crippen molar-refractivity contribution in [3.8, 4) is 17.2 Å². The quantitative estimate of drug-likeness (QED) is 0.571. The van der Waals surface area contributed by atoms with Gasteiger partial charge in [0.05, 0.1) is 7.11 Å². The van der Waals surface area contributed by atoms with Crippen molar-refractivity contribution in [2.45, 2.75) is 13.3 Å². The van der Waals surface area contributed by atoms with Crippen LogP contribution in [0.1, 0.15) is 11.1 Å². The van der Waals surface area contributed by atoms with Crippen molar-refractivity contribution in [2.24, 2.45) is 0 Å². The SMILES string of the molecule is C=CCc1ccc(Oc2cc(C)ccc2[N+]#N)c(OC)c1. The van der Waals surface area contributed by atoms with Gasteiger partial charge in [0, 0.05) is 6.07 Å². The van der Waals surface area contributed by atoms with E-state index in [1.807, 2.05) is 43.3 Å². The smallest absolute Gasteiger partial charge is 0.426 e. The Bertz CT molecular complexity index is 702. The fourth-order valence-corrected chi connectivity index (χ4v) is 1.99. The maximum Gasteiger partial charge on any atom is 0.426 e. The van der Waals surface area contributed by atoms with E-state index < -0.39 is 0 Å². The monoisotopic (exact) mass is 281 g/mol. The van der Waals surface area contributed by atoms with E-state index in [4.69, 9.17) is 14.9 Å². The zero-order valence-electron chi connectivity index (χ0n) is 12.2. The predicted octanol–water partition coefficient (Wildman–Crippen LogP) is 5.01. The molecule has 0 aliphatic carbocycles. The van der Waals surface area contributed by atoms with Gasteiger partial charge in [-0.25, -0.2) is 0 Å². The van der Waals surface area contributed by atoms with E-state index >= 15 is 0 Å². The molecule has 0 bridgehead atoms. The first-order chi connectivity index (χ1) is 10.2. The van der Waals surface area contributed by atoms with Crippen LogP contribution >= 0.6 is 0 Å². The Labute approximate surface area is 124 Å². The molecule has 0 saturated carbocycles. The van der Waals surface area contributed by atoms with Crippen molar-refractivity contribution in [1.29, 1.82) is 5.39 Å². The topological polar surface area (TPSA) is 46.6 Å². The number of diazo groups is 1. The highest BCUT2D eigenvalue weighted by atomic mass is 16.5. The molecule has 2 aromatic rings. The van der Waals surface area contributed by atoms with Gasteiger partial charge in [-0.15, -0.1) is 6.58 Å². The zero-order valence-corrected chi connectivity index (χ0v) is 12.2. The number of hydrogen-bond acceptors (Lipinski definition) is 3. The Kier molecular flexibility index (Phi) is 4.57. The van der Waals surface area contributed by atoms with Crippen molar-refractivity contribution >= 4 is 5.69 Å². The molecule has 21 heavy (non-hydrogen) atoms. The summed E-state index contributed by atoms with van der Waals surface area (Å²) in [6.07, 6.45) is 2.59. The highest BCUT2D eigenvalue weighted by Crippen LogP contribution is 2.37. The molecule has 2 aromatic carbocycles. The van der Waals surface area contributed by atoms with E-state index in [0.717, 1.165) is 17.5 Å². The first-order valence-electron chi connectivity index (χ1n) is 6.59. The number of hydrogen-bond donors (Lipinski definition) is 0. The lowest BCUT2D eigenvalue weighted by Gasteiger charge is -2.10. The molecule has 0 spiro atoms. The summed E-state index contributed by atoms with van der Waals surface area (Å²) in [5.41, 5.74) is 2.47. The zero-order chi connectivity index (χ0) is 15.2. The number of rotatable bonds is 5. The van der Waals surface area contributed by atoms with Crippen LogP contribution in [0.3, 0.4) is 0 Å². The minimum atomic E-state index is 0.373. The summed E-state index contributed by atoms with van der Waals surface area (Å²) >= 11 is 0. The summed E-state index contributed by atoms with van der Waals surface area (Å²) in [6, 6.07) is 11.1. The van der Waals surface area contributed by atoms with Crippen LogP contribution in [0.2, 0.25) is 0 Å². The second-order valence-electron chi connectivity index (χ2n) is 4.65. The average Bonchev–Trinajstić information content (AvgIpc) is 2.49. The van der Waals surface area contributed by atoms with Crippen LogP contribution in [-0.4, -0.2) is 7.11 Å². The van der Waals surface area contributed by atoms with Crippen LogP contribution < -0.4 is 9.47 Å². The molecule has 0 fully saturated rings. The Morgan fingerprint density at radius 2 is 1.95 bits per heavy atom. The maximum absolute atomic E-state index is 9.03. The number of benzene rings is 2. The molecule has 0 aliphatic rings. The molecule has 2 rings (SSSR count). The van der Waals surface area contributed by atoms with Crippen LogP contribution in [0.5, 0.6) is 17.2 Å². The maximum atomic E-state index is 9.03. The Morgan fingerprint density at radius 1 is 1.14 bits per heavy atom. The summed E-state index contributed by atoms with van der Waals surface area (Å²) < 4.78 is 11.2. The van der Waals surface area contributed by atoms with Gasteiger partial charge in [-0.1, -0.05) is 18.2 Å². The highest BCUT2D eigenvalue weighted by molar-refractivity contribution is 5.60. The molecule has 0 N–H and O–H groups in total. The molecular formula is C17H17N2O2+. The third kappa shape index (κ3) is 3.40. The molecule has 0 unspecified atom stereocenters. The molecule has 0 atom stereocenters. The van der Waals surface area contributed by atoms with Crippen LogP contribution in [0.15, 0.2) is 49.1 Å². The second-order valence-corrected chi connectivity index (χ2v) is 4.65. The van der Waals surface area contributed by atoms with Crippen LogP contribution in [0.4, 0.5) is 5.69 Å². The molecule has 0 amide bonds. The lowest BCUT2D eigenvalue weighted by molar-refractivity contribution is 0.379. The molecule has 4 heteroatoms. The number of allylic oxidation sites excluding steroid dienone is 1. The van der Waals surface area contributed by atoms with Gasteiger partial charge in [-0.05, 0) is 42.7 Å². The first kappa shape index (κ1) is 14.6. The lowest BCUT2D eigenvalue weighted by Crippen LogP contribution is -1.93. The summed E-state index contributed by atoms with van der Waals surface area (Å²) in [5, 5.41) is 9.03. The normalized spacial score (nSPS) is 9.76. The van der Waals surface area contributed by atoms with Gasteiger partial charge in [-0.2, -0.15) is 0 Å². The van der Waals surface area contributed by atoms with Gasteiger partial charge in [-0.3, -0.25) is 0 Å². The van der Waals surface area contributed by atoms with E-state index in [-0.39, 0.29) is 0 Å². The molecule has 0 radical (unpaired) electrons. The van der Waals surface area contributed by atoms with Crippen molar-refractivity contribution in [3.05, 3.63) is 65.2 Å². The third-order valence-electron chi connectivity index (χ3n) is 3.05. The number of ether oxygens (including phenoxy) is 2. The van der Waals surface area contributed by atoms with Crippen molar-refractivity contribution < 1.29 is 9.47 Å². The summed E-state index contributed by atoms with van der Waals surface area (Å²) in [6.45, 7) is 5.66. The highest BCUT2D eigenvalue weighted by Gasteiger charge is 2.17. The van der Waals surface area contributed by atoms with E-state index in [9.17, 15) is 0 Å². The van der Waals surface area contributed by atoms with Crippen LogP contribution in [0.25, 0.3) is 4.98 Å². The molecular weight excluding hydrogens is 264 g/mol. The van der Waals surface area contributed by atoms with Crippen molar-refractivity contribution in [3.63, 3.8) is 0 Å². The summed E-state index contributed by atoms with van der Waals surface area (Å²) in [7, 11) is 1.59.